The van der Waals surface area contributed by atoms with E-state index in [9.17, 15) is 14.9 Å². The van der Waals surface area contributed by atoms with Crippen LogP contribution >= 0.6 is 11.6 Å². The van der Waals surface area contributed by atoms with E-state index in [4.69, 9.17) is 21.1 Å². The molecule has 162 valence electrons. The van der Waals surface area contributed by atoms with Crippen molar-refractivity contribution in [2.24, 2.45) is 0 Å². The monoisotopic (exact) mass is 448 g/mol. The van der Waals surface area contributed by atoms with Gasteiger partial charge in [-0.3, -0.25) is 14.5 Å². The molecule has 1 aliphatic heterocycles. The molecule has 0 saturated carbocycles. The highest BCUT2D eigenvalue weighted by molar-refractivity contribution is 6.31. The number of benzene rings is 2. The third-order valence-electron chi connectivity index (χ3n) is 4.97. The first kappa shape index (κ1) is 22.9. The first-order valence-corrected chi connectivity index (χ1v) is 10.1. The maximum atomic E-state index is 13.3. The fourth-order valence-electron chi connectivity index (χ4n) is 3.28. The Labute approximate surface area is 191 Å². The van der Waals surface area contributed by atoms with E-state index in [1.165, 1.54) is 7.11 Å². The number of hydrogen-bond donors (Lipinski definition) is 0. The summed E-state index contributed by atoms with van der Waals surface area (Å²) in [5, 5.41) is 10.0. The van der Waals surface area contributed by atoms with Crippen molar-refractivity contribution < 1.29 is 19.1 Å². The van der Waals surface area contributed by atoms with Gasteiger partial charge in [-0.15, -0.1) is 0 Å². The van der Waals surface area contributed by atoms with Crippen molar-refractivity contribution in [1.29, 1.82) is 5.26 Å². The van der Waals surface area contributed by atoms with Crippen molar-refractivity contribution >= 4 is 29.5 Å². The van der Waals surface area contributed by atoms with Crippen LogP contribution in [0, 0.1) is 11.3 Å². The Morgan fingerprint density at radius 1 is 1.16 bits per heavy atom. The van der Waals surface area contributed by atoms with Crippen molar-refractivity contribution in [3.05, 3.63) is 88.0 Å². The van der Waals surface area contributed by atoms with Crippen LogP contribution < -0.4 is 9.47 Å². The summed E-state index contributed by atoms with van der Waals surface area (Å²) in [7, 11) is 1.52. The number of amides is 2. The third-order valence-corrected chi connectivity index (χ3v) is 5.34. The van der Waals surface area contributed by atoms with Gasteiger partial charge in [-0.05, 0) is 47.9 Å². The molecule has 32 heavy (non-hydrogen) atoms. The Morgan fingerprint density at radius 2 is 1.91 bits per heavy atom. The SMILES string of the molecule is C=CCOc1ccc(/C=C2/C(=O)N(Cc3ccccc3Cl)C(=O)C(C#N)=C2C)cc1OC. The summed E-state index contributed by atoms with van der Waals surface area (Å²) in [4.78, 5) is 27.2. The summed E-state index contributed by atoms with van der Waals surface area (Å²) in [6, 6.07) is 14.1. The molecule has 7 heteroatoms. The molecule has 2 aromatic rings. The quantitative estimate of drug-likeness (QED) is 0.348. The Hall–Kier alpha value is -3.82. The fourth-order valence-corrected chi connectivity index (χ4v) is 3.47. The molecule has 3 rings (SSSR count). The van der Waals surface area contributed by atoms with Crippen LogP contribution in [0.5, 0.6) is 11.5 Å². The highest BCUT2D eigenvalue weighted by Crippen LogP contribution is 2.32. The van der Waals surface area contributed by atoms with E-state index in [0.717, 1.165) is 4.90 Å². The van der Waals surface area contributed by atoms with E-state index in [1.54, 1.807) is 61.5 Å². The summed E-state index contributed by atoms with van der Waals surface area (Å²) in [5.74, 6) is -0.129. The molecule has 0 N–H and O–H groups in total. The number of nitriles is 1. The number of ether oxygens (including phenoxy) is 2. The number of halogens is 1. The van der Waals surface area contributed by atoms with Crippen LogP contribution in [0.3, 0.4) is 0 Å². The Morgan fingerprint density at radius 3 is 2.56 bits per heavy atom. The van der Waals surface area contributed by atoms with Gasteiger partial charge in [-0.1, -0.05) is 48.5 Å². The predicted molar refractivity (Wildman–Crippen MR) is 122 cm³/mol. The zero-order chi connectivity index (χ0) is 23.3. The van der Waals surface area contributed by atoms with Crippen molar-refractivity contribution in [1.82, 2.24) is 4.90 Å². The maximum Gasteiger partial charge on any atom is 0.271 e. The first-order valence-electron chi connectivity index (χ1n) is 9.75. The van der Waals surface area contributed by atoms with Crippen LogP contribution in [0.2, 0.25) is 5.02 Å². The van der Waals surface area contributed by atoms with Crippen LogP contribution in [-0.2, 0) is 16.1 Å². The second-order valence-corrected chi connectivity index (χ2v) is 7.37. The highest BCUT2D eigenvalue weighted by atomic mass is 35.5. The maximum absolute atomic E-state index is 13.3. The van der Waals surface area contributed by atoms with Gasteiger partial charge in [-0.25, -0.2) is 0 Å². The van der Waals surface area contributed by atoms with Crippen LogP contribution in [0.1, 0.15) is 18.1 Å². The van der Waals surface area contributed by atoms with E-state index in [-0.39, 0.29) is 17.7 Å². The van der Waals surface area contributed by atoms with Gasteiger partial charge in [-0.2, -0.15) is 5.26 Å². The van der Waals surface area contributed by atoms with E-state index in [0.29, 0.717) is 39.8 Å². The lowest BCUT2D eigenvalue weighted by Crippen LogP contribution is -2.42. The summed E-state index contributed by atoms with van der Waals surface area (Å²) in [5.41, 5.74) is 1.75. The van der Waals surface area contributed by atoms with E-state index in [1.807, 2.05) is 6.07 Å². The zero-order valence-electron chi connectivity index (χ0n) is 17.7. The zero-order valence-corrected chi connectivity index (χ0v) is 18.5. The van der Waals surface area contributed by atoms with Gasteiger partial charge >= 0.3 is 0 Å². The van der Waals surface area contributed by atoms with Crippen molar-refractivity contribution in [2.45, 2.75) is 13.5 Å². The minimum Gasteiger partial charge on any atom is -0.493 e. The molecule has 2 amide bonds. The van der Waals surface area contributed by atoms with Crippen molar-refractivity contribution in [3.8, 4) is 17.6 Å². The fraction of sp³-hybridized carbons (Fsp3) is 0.160. The molecule has 6 nitrogen and oxygen atoms in total. The molecule has 0 radical (unpaired) electrons. The number of nitrogens with zero attached hydrogens (tertiary/aromatic N) is 2. The lowest BCUT2D eigenvalue weighted by atomic mass is 9.93. The molecular formula is C25H21ClN2O4. The average molecular weight is 449 g/mol. The minimum atomic E-state index is -0.641. The molecule has 1 heterocycles. The minimum absolute atomic E-state index is 0.0369. The molecule has 0 fully saturated rings. The molecule has 0 aliphatic carbocycles. The second kappa shape index (κ2) is 9.99. The Kier molecular flexibility index (Phi) is 7.14. The van der Waals surface area contributed by atoms with E-state index in [2.05, 4.69) is 6.58 Å². The standard InChI is InChI=1S/C25H21ClN2O4/c1-4-11-32-22-10-9-17(13-23(22)31-3)12-19-16(2)20(14-27)25(30)28(24(19)29)15-18-7-5-6-8-21(18)26/h4-10,12-13H,1,11,15H2,2-3H3/b19-12+. The molecule has 0 atom stereocenters. The smallest absolute Gasteiger partial charge is 0.271 e. The summed E-state index contributed by atoms with van der Waals surface area (Å²) >= 11 is 6.22. The number of hydrogen-bond acceptors (Lipinski definition) is 5. The van der Waals surface area contributed by atoms with Crippen molar-refractivity contribution in [3.63, 3.8) is 0 Å². The Bertz CT molecular complexity index is 1190. The molecule has 2 aromatic carbocycles. The van der Waals surface area contributed by atoms with Crippen LogP contribution in [0.15, 0.2) is 71.8 Å². The van der Waals surface area contributed by atoms with Gasteiger partial charge < -0.3 is 9.47 Å². The predicted octanol–water partition coefficient (Wildman–Crippen LogP) is 4.71. The molecular weight excluding hydrogens is 428 g/mol. The van der Waals surface area contributed by atoms with E-state index >= 15 is 0 Å². The summed E-state index contributed by atoms with van der Waals surface area (Å²) in [6.07, 6.45) is 3.25. The first-order chi connectivity index (χ1) is 15.4. The third kappa shape index (κ3) is 4.58. The lowest BCUT2D eigenvalue weighted by molar-refractivity contribution is -0.141. The number of methoxy groups -OCH3 is 1. The highest BCUT2D eigenvalue weighted by Gasteiger charge is 2.35. The molecule has 0 unspecified atom stereocenters. The normalized spacial score (nSPS) is 15.1. The molecule has 0 aromatic heterocycles. The van der Waals surface area contributed by atoms with Gasteiger partial charge in [0, 0.05) is 10.6 Å². The van der Waals surface area contributed by atoms with Gasteiger partial charge in [0.05, 0.1) is 13.7 Å². The van der Waals surface area contributed by atoms with Gasteiger partial charge in [0.15, 0.2) is 11.5 Å². The largest absolute Gasteiger partial charge is 0.493 e. The number of rotatable bonds is 7. The molecule has 0 bridgehead atoms. The van der Waals surface area contributed by atoms with Crippen LogP contribution in [0.4, 0.5) is 0 Å². The summed E-state index contributed by atoms with van der Waals surface area (Å²) in [6.45, 7) is 5.50. The van der Waals surface area contributed by atoms with Gasteiger partial charge in [0.2, 0.25) is 0 Å². The molecule has 0 spiro atoms. The lowest BCUT2D eigenvalue weighted by Gasteiger charge is -2.27. The van der Waals surface area contributed by atoms with Crippen molar-refractivity contribution in [2.75, 3.05) is 13.7 Å². The van der Waals surface area contributed by atoms with E-state index < -0.39 is 11.8 Å². The second-order valence-electron chi connectivity index (χ2n) is 6.97. The Balaban J connectivity index is 2.03. The van der Waals surface area contributed by atoms with Gasteiger partial charge in [0.1, 0.15) is 18.2 Å². The molecule has 1 aliphatic rings. The summed E-state index contributed by atoms with van der Waals surface area (Å²) < 4.78 is 10.9. The number of carbonyl (C=O) groups is 2. The average Bonchev–Trinajstić information content (AvgIpc) is 2.80. The number of carbonyl (C=O) groups excluding carboxylic acids is 2. The molecule has 0 saturated heterocycles. The number of imide groups is 1. The van der Waals surface area contributed by atoms with Crippen LogP contribution in [-0.4, -0.2) is 30.4 Å². The van der Waals surface area contributed by atoms with Crippen LogP contribution in [0.25, 0.3) is 6.08 Å². The topological polar surface area (TPSA) is 79.6 Å². The van der Waals surface area contributed by atoms with Gasteiger partial charge in [0.25, 0.3) is 11.8 Å².